The van der Waals surface area contributed by atoms with Crippen LogP contribution in [0.2, 0.25) is 5.15 Å². The number of likely N-dealkylation sites (tertiary alicyclic amines) is 1. The van der Waals surface area contributed by atoms with E-state index in [4.69, 9.17) is 21.1 Å². The molecule has 0 saturated carbocycles. The van der Waals surface area contributed by atoms with Crippen LogP contribution in [0.1, 0.15) is 27.2 Å². The summed E-state index contributed by atoms with van der Waals surface area (Å²) < 4.78 is 11.2. The summed E-state index contributed by atoms with van der Waals surface area (Å²) in [5.74, 6) is 0.549. The van der Waals surface area contributed by atoms with Crippen molar-refractivity contribution in [2.24, 2.45) is 5.92 Å². The van der Waals surface area contributed by atoms with Crippen LogP contribution in [-0.4, -0.2) is 46.3 Å². The summed E-state index contributed by atoms with van der Waals surface area (Å²) in [4.78, 5) is 22.5. The summed E-state index contributed by atoms with van der Waals surface area (Å²) in [5, 5.41) is 0.251. The molecule has 1 aromatic carbocycles. The number of ether oxygens (including phenoxy) is 2. The quantitative estimate of drug-likeness (QED) is 0.826. The lowest BCUT2D eigenvalue weighted by Crippen LogP contribution is -2.35. The Kier molecular flexibility index (Phi) is 4.99. The van der Waals surface area contributed by atoms with Crippen molar-refractivity contribution >= 4 is 28.7 Å². The Morgan fingerprint density at radius 2 is 1.96 bits per heavy atom. The first kappa shape index (κ1) is 17.7. The second-order valence-electron chi connectivity index (χ2n) is 7.20. The van der Waals surface area contributed by atoms with Crippen molar-refractivity contribution < 1.29 is 14.3 Å². The summed E-state index contributed by atoms with van der Waals surface area (Å²) in [6, 6.07) is 7.50. The van der Waals surface area contributed by atoms with Crippen LogP contribution >= 0.6 is 11.6 Å². The first-order valence-electron chi connectivity index (χ1n) is 8.35. The standard InChI is InChI=1S/C18H22ClN3O3/c1-18(2,3)25-17(23)22-9-8-12(10-22)11-24-16-15(19)20-13-6-4-5-7-14(13)21-16/h4-7,12H,8-11H2,1-3H3/t12-/m1/s1. The lowest BCUT2D eigenvalue weighted by Gasteiger charge is -2.24. The van der Waals surface area contributed by atoms with E-state index in [2.05, 4.69) is 9.97 Å². The molecule has 1 aliphatic rings. The SMILES string of the molecule is CC(C)(C)OC(=O)N1CC[C@@H](COc2nc3ccccc3nc2Cl)C1. The minimum atomic E-state index is -0.486. The number of carbonyl (C=O) groups excluding carboxylic acids is 1. The van der Waals surface area contributed by atoms with Crippen molar-refractivity contribution in [3.8, 4) is 5.88 Å². The van der Waals surface area contributed by atoms with Crippen LogP contribution in [0, 0.1) is 5.92 Å². The number of para-hydroxylation sites is 2. The molecule has 0 spiro atoms. The summed E-state index contributed by atoms with van der Waals surface area (Å²) in [7, 11) is 0. The fourth-order valence-corrected chi connectivity index (χ4v) is 2.90. The maximum absolute atomic E-state index is 12.1. The third-order valence-electron chi connectivity index (χ3n) is 3.89. The van der Waals surface area contributed by atoms with Gasteiger partial charge in [0.05, 0.1) is 17.6 Å². The molecule has 1 aliphatic heterocycles. The van der Waals surface area contributed by atoms with Crippen molar-refractivity contribution in [2.75, 3.05) is 19.7 Å². The van der Waals surface area contributed by atoms with Gasteiger partial charge in [-0.2, -0.15) is 0 Å². The third kappa shape index (κ3) is 4.51. The van der Waals surface area contributed by atoms with E-state index in [0.717, 1.165) is 17.5 Å². The fourth-order valence-electron chi connectivity index (χ4n) is 2.71. The smallest absolute Gasteiger partial charge is 0.410 e. The Morgan fingerprint density at radius 1 is 1.28 bits per heavy atom. The molecule has 2 heterocycles. The molecular weight excluding hydrogens is 342 g/mol. The Morgan fingerprint density at radius 3 is 2.64 bits per heavy atom. The largest absolute Gasteiger partial charge is 0.475 e. The normalized spacial score (nSPS) is 17.8. The molecule has 134 valence electrons. The minimum absolute atomic E-state index is 0.219. The Bertz CT molecular complexity index is 776. The number of halogens is 1. The maximum Gasteiger partial charge on any atom is 0.410 e. The van der Waals surface area contributed by atoms with E-state index in [1.807, 2.05) is 45.0 Å². The van der Waals surface area contributed by atoms with E-state index in [9.17, 15) is 4.79 Å². The number of nitrogens with zero attached hydrogens (tertiary/aromatic N) is 3. The van der Waals surface area contributed by atoms with Crippen molar-refractivity contribution in [3.63, 3.8) is 0 Å². The van der Waals surface area contributed by atoms with E-state index >= 15 is 0 Å². The van der Waals surface area contributed by atoms with E-state index < -0.39 is 5.60 Å². The Hall–Kier alpha value is -2.08. The van der Waals surface area contributed by atoms with Gasteiger partial charge in [0.1, 0.15) is 5.60 Å². The van der Waals surface area contributed by atoms with Gasteiger partial charge in [-0.25, -0.2) is 14.8 Å². The summed E-state index contributed by atoms with van der Waals surface area (Å²) >= 11 is 6.16. The monoisotopic (exact) mass is 363 g/mol. The van der Waals surface area contributed by atoms with Crippen LogP contribution in [-0.2, 0) is 4.74 Å². The predicted molar refractivity (Wildman–Crippen MR) is 96.0 cm³/mol. The van der Waals surface area contributed by atoms with Gasteiger partial charge in [-0.1, -0.05) is 23.7 Å². The highest BCUT2D eigenvalue weighted by molar-refractivity contribution is 6.31. The summed E-state index contributed by atoms with van der Waals surface area (Å²) in [5.41, 5.74) is 0.986. The van der Waals surface area contributed by atoms with E-state index in [-0.39, 0.29) is 17.2 Å². The average Bonchev–Trinajstić information content (AvgIpc) is 3.00. The molecule has 1 saturated heterocycles. The number of carbonyl (C=O) groups is 1. The van der Waals surface area contributed by atoms with Crippen LogP contribution in [0.25, 0.3) is 11.0 Å². The summed E-state index contributed by atoms with van der Waals surface area (Å²) in [6.07, 6.45) is 0.580. The van der Waals surface area contributed by atoms with Crippen LogP contribution < -0.4 is 4.74 Å². The first-order valence-corrected chi connectivity index (χ1v) is 8.72. The van der Waals surface area contributed by atoms with Crippen LogP contribution in [0.5, 0.6) is 5.88 Å². The second kappa shape index (κ2) is 7.04. The van der Waals surface area contributed by atoms with Crippen LogP contribution in [0.15, 0.2) is 24.3 Å². The molecule has 25 heavy (non-hydrogen) atoms. The maximum atomic E-state index is 12.1. The molecule has 0 aliphatic carbocycles. The molecule has 1 amide bonds. The number of fused-ring (bicyclic) bond motifs is 1. The highest BCUT2D eigenvalue weighted by atomic mass is 35.5. The first-order chi connectivity index (χ1) is 11.8. The van der Waals surface area contributed by atoms with Crippen molar-refractivity contribution in [3.05, 3.63) is 29.4 Å². The Balaban J connectivity index is 1.58. The fraction of sp³-hybridized carbons (Fsp3) is 0.500. The third-order valence-corrected chi connectivity index (χ3v) is 4.14. The van der Waals surface area contributed by atoms with Gasteiger partial charge in [-0.15, -0.1) is 0 Å². The number of hydrogen-bond donors (Lipinski definition) is 0. The molecule has 0 unspecified atom stereocenters. The van der Waals surface area contributed by atoms with Gasteiger partial charge in [-0.3, -0.25) is 0 Å². The zero-order valence-corrected chi connectivity index (χ0v) is 15.4. The minimum Gasteiger partial charge on any atom is -0.475 e. The van der Waals surface area contributed by atoms with Gasteiger partial charge in [-0.05, 0) is 39.3 Å². The van der Waals surface area contributed by atoms with Crippen molar-refractivity contribution in [1.29, 1.82) is 0 Å². The highest BCUT2D eigenvalue weighted by Crippen LogP contribution is 2.25. The molecule has 1 aromatic heterocycles. The lowest BCUT2D eigenvalue weighted by molar-refractivity contribution is 0.0284. The topological polar surface area (TPSA) is 64.5 Å². The molecule has 6 nitrogen and oxygen atoms in total. The van der Waals surface area contributed by atoms with E-state index in [1.54, 1.807) is 4.90 Å². The number of aromatic nitrogens is 2. The van der Waals surface area contributed by atoms with Crippen LogP contribution in [0.3, 0.4) is 0 Å². The molecule has 0 bridgehead atoms. The van der Waals surface area contributed by atoms with Crippen molar-refractivity contribution in [2.45, 2.75) is 32.8 Å². The lowest BCUT2D eigenvalue weighted by atomic mass is 10.1. The van der Waals surface area contributed by atoms with E-state index in [0.29, 0.717) is 25.6 Å². The van der Waals surface area contributed by atoms with E-state index in [1.165, 1.54) is 0 Å². The molecule has 2 aromatic rings. The zero-order chi connectivity index (χ0) is 18.0. The molecule has 7 heteroatoms. The second-order valence-corrected chi connectivity index (χ2v) is 7.56. The molecule has 0 radical (unpaired) electrons. The average molecular weight is 364 g/mol. The predicted octanol–water partition coefficient (Wildman–Crippen LogP) is 3.92. The van der Waals surface area contributed by atoms with Gasteiger partial charge in [0.15, 0.2) is 5.15 Å². The zero-order valence-electron chi connectivity index (χ0n) is 14.7. The van der Waals surface area contributed by atoms with Gasteiger partial charge >= 0.3 is 6.09 Å². The Labute approximate surface area is 152 Å². The number of benzene rings is 1. The molecule has 1 atom stereocenters. The van der Waals surface area contributed by atoms with Gasteiger partial charge < -0.3 is 14.4 Å². The molecular formula is C18H22ClN3O3. The van der Waals surface area contributed by atoms with Crippen molar-refractivity contribution in [1.82, 2.24) is 14.9 Å². The molecule has 3 rings (SSSR count). The van der Waals surface area contributed by atoms with Crippen LogP contribution in [0.4, 0.5) is 4.79 Å². The highest BCUT2D eigenvalue weighted by Gasteiger charge is 2.30. The van der Waals surface area contributed by atoms with Gasteiger partial charge in [0.2, 0.25) is 0 Å². The number of hydrogen-bond acceptors (Lipinski definition) is 5. The molecule has 1 fully saturated rings. The van der Waals surface area contributed by atoms with Gasteiger partial charge in [0.25, 0.3) is 5.88 Å². The molecule has 0 N–H and O–H groups in total. The number of rotatable bonds is 3. The summed E-state index contributed by atoms with van der Waals surface area (Å²) in [6.45, 7) is 7.30. The van der Waals surface area contributed by atoms with Gasteiger partial charge in [0, 0.05) is 19.0 Å². The number of amides is 1.